The van der Waals surface area contributed by atoms with Gasteiger partial charge in [0, 0.05) is 44.5 Å². The maximum Gasteiger partial charge on any atom is 0.329 e. The standard InChI is InChI=1S/C35H45N5O5S/c1-6-36-35(43)38-39(5)22-32(41)37-30(20-27-23-46-31-19-12-11-18-29(27)31)33(42)40(24(4)34(44-7-2)45-8-3)21-26-16-13-15-25-14-9-10-17-28(25)26/h9-19,23-24,30,34H,6-8,20-22H2,1-5H3,(H,37,41)(H2,36,38,43). The first kappa shape index (κ1) is 34.8. The number of nitrogens with one attached hydrogen (secondary N) is 3. The van der Waals surface area contributed by atoms with E-state index >= 15 is 0 Å². The van der Waals surface area contributed by atoms with Crippen LogP contribution < -0.4 is 16.1 Å². The Morgan fingerprint density at radius 3 is 2.26 bits per heavy atom. The SMILES string of the molecule is CCNC(=O)NN(C)CC(=O)NC(Cc1csc2ccccc12)C(=O)N(Cc1cccc2ccccc12)C(C)C(OCC)OCC. The van der Waals surface area contributed by atoms with Crippen molar-refractivity contribution in [2.45, 2.75) is 59.0 Å². The minimum absolute atomic E-state index is 0.148. The predicted octanol–water partition coefficient (Wildman–Crippen LogP) is 5.06. The molecule has 4 amide bonds. The Labute approximate surface area is 275 Å². The average Bonchev–Trinajstić information content (AvgIpc) is 3.45. The summed E-state index contributed by atoms with van der Waals surface area (Å²) in [6, 6.07) is 20.4. The number of ether oxygens (including phenoxy) is 2. The Bertz CT molecular complexity index is 1600. The molecule has 246 valence electrons. The molecule has 2 atom stereocenters. The molecule has 1 aromatic heterocycles. The molecule has 0 radical (unpaired) electrons. The molecule has 0 aliphatic rings. The molecule has 2 unspecified atom stereocenters. The summed E-state index contributed by atoms with van der Waals surface area (Å²) in [6.45, 7) is 8.93. The van der Waals surface area contributed by atoms with Gasteiger partial charge in [0.15, 0.2) is 6.29 Å². The zero-order valence-corrected chi connectivity index (χ0v) is 28.1. The van der Waals surface area contributed by atoms with Crippen LogP contribution in [0, 0.1) is 0 Å². The number of thiophene rings is 1. The van der Waals surface area contributed by atoms with Crippen LogP contribution in [0.25, 0.3) is 20.9 Å². The molecule has 0 aliphatic heterocycles. The van der Waals surface area contributed by atoms with E-state index in [1.165, 1.54) is 5.01 Å². The van der Waals surface area contributed by atoms with Gasteiger partial charge in [0.1, 0.15) is 6.04 Å². The molecule has 10 nitrogen and oxygen atoms in total. The molecule has 0 aliphatic carbocycles. The molecule has 0 saturated heterocycles. The van der Waals surface area contributed by atoms with Crippen molar-refractivity contribution in [2.24, 2.45) is 0 Å². The third-order valence-corrected chi connectivity index (χ3v) is 8.69. The highest BCUT2D eigenvalue weighted by atomic mass is 32.1. The second-order valence-corrected chi connectivity index (χ2v) is 11.9. The Morgan fingerprint density at radius 1 is 0.870 bits per heavy atom. The van der Waals surface area contributed by atoms with Crippen LogP contribution in [0.15, 0.2) is 72.1 Å². The lowest BCUT2D eigenvalue weighted by molar-refractivity contribution is -0.179. The zero-order valence-electron chi connectivity index (χ0n) is 27.2. The second-order valence-electron chi connectivity index (χ2n) is 11.0. The maximum absolute atomic E-state index is 14.8. The van der Waals surface area contributed by atoms with Crippen LogP contribution in [-0.2, 0) is 32.0 Å². The van der Waals surface area contributed by atoms with Crippen molar-refractivity contribution < 1.29 is 23.9 Å². The summed E-state index contributed by atoms with van der Waals surface area (Å²) in [5, 5.41) is 12.2. The van der Waals surface area contributed by atoms with Crippen LogP contribution in [-0.4, -0.2) is 79.5 Å². The minimum Gasteiger partial charge on any atom is -0.351 e. The predicted molar refractivity (Wildman–Crippen MR) is 183 cm³/mol. The fourth-order valence-electron chi connectivity index (χ4n) is 5.52. The first-order chi connectivity index (χ1) is 22.2. The summed E-state index contributed by atoms with van der Waals surface area (Å²) in [5.41, 5.74) is 4.56. The van der Waals surface area contributed by atoms with Crippen LogP contribution in [0.2, 0.25) is 0 Å². The Morgan fingerprint density at radius 2 is 1.54 bits per heavy atom. The number of benzene rings is 3. The van der Waals surface area contributed by atoms with Gasteiger partial charge in [0.2, 0.25) is 11.8 Å². The van der Waals surface area contributed by atoms with Crippen LogP contribution in [0.1, 0.15) is 38.8 Å². The van der Waals surface area contributed by atoms with Gasteiger partial charge in [-0.15, -0.1) is 11.3 Å². The molecular weight excluding hydrogens is 602 g/mol. The molecule has 3 aromatic carbocycles. The van der Waals surface area contributed by atoms with E-state index in [9.17, 15) is 14.4 Å². The number of likely N-dealkylation sites (N-methyl/N-ethyl adjacent to an activating group) is 1. The highest BCUT2D eigenvalue weighted by molar-refractivity contribution is 7.17. The minimum atomic E-state index is -0.898. The van der Waals surface area contributed by atoms with Gasteiger partial charge in [-0.3, -0.25) is 15.0 Å². The number of rotatable bonds is 16. The number of carbonyl (C=O) groups is 3. The van der Waals surface area contributed by atoms with E-state index in [0.717, 1.165) is 32.0 Å². The molecule has 11 heteroatoms. The number of hydrogen-bond donors (Lipinski definition) is 3. The quantitative estimate of drug-likeness (QED) is 0.116. The Hall–Kier alpha value is -4.03. The summed E-state index contributed by atoms with van der Waals surface area (Å²) in [7, 11) is 1.60. The second kappa shape index (κ2) is 17.0. The third-order valence-electron chi connectivity index (χ3n) is 7.68. The van der Waals surface area contributed by atoms with Crippen LogP contribution in [0.3, 0.4) is 0 Å². The van der Waals surface area contributed by atoms with Gasteiger partial charge in [-0.05, 0) is 66.4 Å². The fraction of sp³-hybridized carbons (Fsp3) is 0.400. The molecule has 0 bridgehead atoms. The zero-order chi connectivity index (χ0) is 33.1. The van der Waals surface area contributed by atoms with E-state index in [1.54, 1.807) is 23.3 Å². The van der Waals surface area contributed by atoms with Crippen LogP contribution in [0.4, 0.5) is 4.79 Å². The molecule has 1 heterocycles. The Kier molecular flexibility index (Phi) is 12.9. The summed E-state index contributed by atoms with van der Waals surface area (Å²) >= 11 is 1.61. The number of urea groups is 1. The van der Waals surface area contributed by atoms with Gasteiger partial charge < -0.3 is 25.0 Å². The summed E-state index contributed by atoms with van der Waals surface area (Å²) < 4.78 is 13.1. The van der Waals surface area contributed by atoms with Gasteiger partial charge in [0.25, 0.3) is 0 Å². The first-order valence-electron chi connectivity index (χ1n) is 15.8. The van der Waals surface area contributed by atoms with Crippen molar-refractivity contribution in [3.05, 3.63) is 83.2 Å². The van der Waals surface area contributed by atoms with Gasteiger partial charge in [-0.2, -0.15) is 0 Å². The average molecular weight is 648 g/mol. The van der Waals surface area contributed by atoms with E-state index < -0.39 is 30.3 Å². The molecule has 0 fully saturated rings. The summed E-state index contributed by atoms with van der Waals surface area (Å²) in [5.74, 6) is -0.658. The number of carbonyl (C=O) groups excluding carboxylic acids is 3. The van der Waals surface area contributed by atoms with E-state index in [-0.39, 0.29) is 25.4 Å². The lowest BCUT2D eigenvalue weighted by Crippen LogP contribution is -2.56. The number of nitrogens with zero attached hydrogens (tertiary/aromatic N) is 2. The number of fused-ring (bicyclic) bond motifs is 2. The number of hydrogen-bond acceptors (Lipinski definition) is 7. The van der Waals surface area contributed by atoms with Crippen molar-refractivity contribution in [3.8, 4) is 0 Å². The van der Waals surface area contributed by atoms with Gasteiger partial charge in [-0.1, -0.05) is 60.7 Å². The maximum atomic E-state index is 14.8. The molecule has 46 heavy (non-hydrogen) atoms. The lowest BCUT2D eigenvalue weighted by Gasteiger charge is -2.37. The highest BCUT2D eigenvalue weighted by Crippen LogP contribution is 2.28. The molecular formula is C35H45N5O5S. The van der Waals surface area contributed by atoms with Crippen molar-refractivity contribution in [1.82, 2.24) is 26.0 Å². The van der Waals surface area contributed by atoms with E-state index in [0.29, 0.717) is 19.8 Å². The van der Waals surface area contributed by atoms with E-state index in [1.807, 2.05) is 93.7 Å². The topological polar surface area (TPSA) is 112 Å². The van der Waals surface area contributed by atoms with Crippen LogP contribution >= 0.6 is 11.3 Å². The van der Waals surface area contributed by atoms with E-state index in [2.05, 4.69) is 22.1 Å². The molecule has 3 N–H and O–H groups in total. The van der Waals surface area contributed by atoms with Crippen molar-refractivity contribution >= 4 is 50.0 Å². The number of amides is 4. The Balaban J connectivity index is 1.70. The van der Waals surface area contributed by atoms with E-state index in [4.69, 9.17) is 9.47 Å². The third kappa shape index (κ3) is 9.03. The number of hydrazine groups is 1. The van der Waals surface area contributed by atoms with Crippen molar-refractivity contribution in [3.63, 3.8) is 0 Å². The lowest BCUT2D eigenvalue weighted by atomic mass is 10.0. The monoisotopic (exact) mass is 647 g/mol. The fourth-order valence-corrected chi connectivity index (χ4v) is 6.49. The summed E-state index contributed by atoms with van der Waals surface area (Å²) in [6.07, 6.45) is -0.381. The van der Waals surface area contributed by atoms with Crippen molar-refractivity contribution in [2.75, 3.05) is 33.4 Å². The van der Waals surface area contributed by atoms with Gasteiger partial charge >= 0.3 is 6.03 Å². The van der Waals surface area contributed by atoms with Crippen LogP contribution in [0.5, 0.6) is 0 Å². The van der Waals surface area contributed by atoms with Gasteiger partial charge in [-0.25, -0.2) is 9.80 Å². The molecule has 4 rings (SSSR count). The molecule has 0 saturated carbocycles. The first-order valence-corrected chi connectivity index (χ1v) is 16.6. The van der Waals surface area contributed by atoms with Crippen molar-refractivity contribution in [1.29, 1.82) is 0 Å². The molecule has 4 aromatic rings. The van der Waals surface area contributed by atoms with Gasteiger partial charge in [0.05, 0.1) is 12.6 Å². The largest absolute Gasteiger partial charge is 0.351 e. The smallest absolute Gasteiger partial charge is 0.329 e. The molecule has 0 spiro atoms. The summed E-state index contributed by atoms with van der Waals surface area (Å²) in [4.78, 5) is 42.0. The normalized spacial score (nSPS) is 12.8. The highest BCUT2D eigenvalue weighted by Gasteiger charge is 2.34.